The van der Waals surface area contributed by atoms with E-state index in [0.717, 1.165) is 57.8 Å². The van der Waals surface area contributed by atoms with Crippen molar-refractivity contribution >= 4 is 17.9 Å². The predicted octanol–water partition coefficient (Wildman–Crippen LogP) is 23.2. The van der Waals surface area contributed by atoms with Gasteiger partial charge in [-0.2, -0.15) is 0 Å². The molecule has 0 rings (SSSR count). The van der Waals surface area contributed by atoms with Crippen LogP contribution in [0.2, 0.25) is 0 Å². The first kappa shape index (κ1) is 73.2. The minimum Gasteiger partial charge on any atom is -0.462 e. The molecule has 0 radical (unpaired) electrons. The molecule has 75 heavy (non-hydrogen) atoms. The lowest BCUT2D eigenvalue weighted by molar-refractivity contribution is -0.167. The number of esters is 3. The topological polar surface area (TPSA) is 78.9 Å². The zero-order chi connectivity index (χ0) is 54.3. The molecule has 0 bridgehead atoms. The van der Waals surface area contributed by atoms with Crippen LogP contribution in [-0.4, -0.2) is 37.2 Å². The van der Waals surface area contributed by atoms with Crippen LogP contribution >= 0.6 is 0 Å². The third-order valence-corrected chi connectivity index (χ3v) is 15.8. The van der Waals surface area contributed by atoms with E-state index in [4.69, 9.17) is 14.2 Å². The zero-order valence-electron chi connectivity index (χ0n) is 51.1. The smallest absolute Gasteiger partial charge is 0.306 e. The molecule has 0 spiro atoms. The molecule has 0 aromatic heterocycles. The average molecular weight is 1060 g/mol. The summed E-state index contributed by atoms with van der Waals surface area (Å²) in [4.78, 5) is 38.2. The van der Waals surface area contributed by atoms with Crippen molar-refractivity contribution in [3.05, 3.63) is 12.2 Å². The Kier molecular flexibility index (Phi) is 63.1. The van der Waals surface area contributed by atoms with Crippen molar-refractivity contribution in [1.82, 2.24) is 0 Å². The Morgan fingerprint density at radius 1 is 0.253 bits per heavy atom. The van der Waals surface area contributed by atoms with Crippen LogP contribution in [0.1, 0.15) is 393 Å². The first-order valence-corrected chi connectivity index (χ1v) is 34.2. The van der Waals surface area contributed by atoms with Crippen molar-refractivity contribution in [3.8, 4) is 0 Å². The first-order valence-electron chi connectivity index (χ1n) is 34.2. The van der Waals surface area contributed by atoms with Gasteiger partial charge in [-0.25, -0.2) is 0 Å². The molecule has 6 heteroatoms. The first-order chi connectivity index (χ1) is 37.0. The molecule has 0 aliphatic rings. The van der Waals surface area contributed by atoms with Gasteiger partial charge in [0.1, 0.15) is 13.2 Å². The number of carbonyl (C=O) groups excluding carboxylic acids is 3. The Morgan fingerprint density at radius 3 is 0.667 bits per heavy atom. The van der Waals surface area contributed by atoms with Gasteiger partial charge in [0.05, 0.1) is 0 Å². The number of carbonyl (C=O) groups is 3. The highest BCUT2D eigenvalue weighted by Crippen LogP contribution is 2.19. The van der Waals surface area contributed by atoms with Crippen molar-refractivity contribution in [2.24, 2.45) is 0 Å². The fourth-order valence-electron chi connectivity index (χ4n) is 10.6. The maximum absolute atomic E-state index is 12.9. The number of allylic oxidation sites excluding steroid dienone is 2. The molecule has 0 saturated heterocycles. The van der Waals surface area contributed by atoms with E-state index in [9.17, 15) is 14.4 Å². The van der Waals surface area contributed by atoms with E-state index in [1.54, 1.807) is 0 Å². The Hall–Kier alpha value is -1.85. The van der Waals surface area contributed by atoms with Crippen molar-refractivity contribution in [1.29, 1.82) is 0 Å². The second kappa shape index (κ2) is 64.7. The molecule has 0 aromatic carbocycles. The molecule has 0 aromatic rings. The number of unbranched alkanes of at least 4 members (excludes halogenated alkanes) is 51. The van der Waals surface area contributed by atoms with Crippen LogP contribution in [0.3, 0.4) is 0 Å². The second-order valence-corrected chi connectivity index (χ2v) is 23.5. The summed E-state index contributed by atoms with van der Waals surface area (Å²) in [6.45, 7) is 6.69. The quantitative estimate of drug-likeness (QED) is 0.0261. The van der Waals surface area contributed by atoms with Gasteiger partial charge in [-0.3, -0.25) is 14.4 Å². The maximum atomic E-state index is 12.9. The van der Waals surface area contributed by atoms with Crippen LogP contribution in [0.5, 0.6) is 0 Å². The van der Waals surface area contributed by atoms with Gasteiger partial charge in [0.15, 0.2) is 6.10 Å². The third kappa shape index (κ3) is 62.9. The lowest BCUT2D eigenvalue weighted by Crippen LogP contribution is -2.30. The van der Waals surface area contributed by atoms with Crippen molar-refractivity contribution in [2.75, 3.05) is 13.2 Å². The fourth-order valence-corrected chi connectivity index (χ4v) is 10.6. The molecular weight excluding hydrogens is 925 g/mol. The van der Waals surface area contributed by atoms with E-state index in [-0.39, 0.29) is 31.1 Å². The second-order valence-electron chi connectivity index (χ2n) is 23.5. The largest absolute Gasteiger partial charge is 0.462 e. The summed E-state index contributed by atoms with van der Waals surface area (Å²) in [7, 11) is 0. The van der Waals surface area contributed by atoms with E-state index in [2.05, 4.69) is 32.9 Å². The molecule has 0 aliphatic carbocycles. The Morgan fingerprint density at radius 2 is 0.440 bits per heavy atom. The summed E-state index contributed by atoms with van der Waals surface area (Å²) in [5.74, 6) is -0.836. The van der Waals surface area contributed by atoms with Crippen molar-refractivity contribution < 1.29 is 28.6 Å². The SMILES string of the molecule is CCCCCCCCCC/C=C\CCCCCCCCCCCCCCCCCC(=O)OCC(COC(=O)CCCCCCCCCC)OC(=O)CCCCCCCCCCCCCCCCCCCCCCCC. The summed E-state index contributed by atoms with van der Waals surface area (Å²) in [6, 6.07) is 0. The zero-order valence-corrected chi connectivity index (χ0v) is 51.1. The molecule has 444 valence electrons. The lowest BCUT2D eigenvalue weighted by atomic mass is 10.0. The molecule has 1 atom stereocenters. The Balaban J connectivity index is 4.06. The molecule has 0 amide bonds. The van der Waals surface area contributed by atoms with Crippen molar-refractivity contribution in [3.63, 3.8) is 0 Å². The Bertz CT molecular complexity index is 1170. The van der Waals surface area contributed by atoms with Gasteiger partial charge in [0, 0.05) is 19.3 Å². The van der Waals surface area contributed by atoms with Crippen molar-refractivity contribution in [2.45, 2.75) is 399 Å². The highest BCUT2D eigenvalue weighted by Gasteiger charge is 2.19. The van der Waals surface area contributed by atoms with Crippen LogP contribution in [0, 0.1) is 0 Å². The number of ether oxygens (including phenoxy) is 3. The highest BCUT2D eigenvalue weighted by molar-refractivity contribution is 5.71. The summed E-state index contributed by atoms with van der Waals surface area (Å²) in [5, 5.41) is 0. The van der Waals surface area contributed by atoms with Gasteiger partial charge in [-0.1, -0.05) is 341 Å². The van der Waals surface area contributed by atoms with Gasteiger partial charge in [0.25, 0.3) is 0 Å². The average Bonchev–Trinajstić information content (AvgIpc) is 3.41. The van der Waals surface area contributed by atoms with Gasteiger partial charge >= 0.3 is 17.9 Å². The van der Waals surface area contributed by atoms with Crippen LogP contribution in [0.15, 0.2) is 12.2 Å². The van der Waals surface area contributed by atoms with E-state index < -0.39 is 6.10 Å². The van der Waals surface area contributed by atoms with Gasteiger partial charge in [-0.15, -0.1) is 0 Å². The van der Waals surface area contributed by atoms with Gasteiger partial charge in [0.2, 0.25) is 0 Å². The summed E-state index contributed by atoms with van der Waals surface area (Å²) < 4.78 is 16.9. The molecule has 0 aliphatic heterocycles. The normalized spacial score (nSPS) is 12.0. The van der Waals surface area contributed by atoms with Crippen LogP contribution in [0.4, 0.5) is 0 Å². The van der Waals surface area contributed by atoms with Crippen LogP contribution in [0.25, 0.3) is 0 Å². The minimum absolute atomic E-state index is 0.0632. The third-order valence-electron chi connectivity index (χ3n) is 15.8. The molecule has 1 unspecified atom stereocenters. The maximum Gasteiger partial charge on any atom is 0.306 e. The Labute approximate surface area is 469 Å². The number of rotatable bonds is 64. The molecular formula is C69H132O6. The fraction of sp³-hybridized carbons (Fsp3) is 0.928. The van der Waals surface area contributed by atoms with Gasteiger partial charge in [-0.05, 0) is 44.9 Å². The molecule has 0 saturated carbocycles. The van der Waals surface area contributed by atoms with Crippen LogP contribution < -0.4 is 0 Å². The standard InChI is InChI=1S/C69H132O6/c1-4-7-10-13-16-19-21-23-25-27-29-31-33-34-35-36-37-39-40-42-44-46-48-50-53-56-59-62-68(71)74-65-66(64-73-67(70)61-58-55-52-18-15-12-9-6-3)75-69(72)63-60-57-54-51-49-47-45-43-41-38-32-30-28-26-24-22-20-17-14-11-8-5-2/h27,29,66H,4-26,28,30-65H2,1-3H3/b29-27-. The highest BCUT2D eigenvalue weighted by atomic mass is 16.6. The number of hydrogen-bond acceptors (Lipinski definition) is 6. The molecule has 6 nitrogen and oxygen atoms in total. The van der Waals surface area contributed by atoms with Crippen LogP contribution in [-0.2, 0) is 28.6 Å². The predicted molar refractivity (Wildman–Crippen MR) is 326 cm³/mol. The number of hydrogen-bond donors (Lipinski definition) is 0. The van der Waals surface area contributed by atoms with E-state index in [1.807, 2.05) is 0 Å². The molecule has 0 N–H and O–H groups in total. The summed E-state index contributed by atoms with van der Waals surface area (Å²) in [5.41, 5.74) is 0. The summed E-state index contributed by atoms with van der Waals surface area (Å²) >= 11 is 0. The monoisotopic (exact) mass is 1060 g/mol. The van der Waals surface area contributed by atoms with E-state index in [0.29, 0.717) is 19.3 Å². The van der Waals surface area contributed by atoms with E-state index in [1.165, 1.54) is 295 Å². The van der Waals surface area contributed by atoms with Gasteiger partial charge < -0.3 is 14.2 Å². The molecule has 0 heterocycles. The molecule has 0 fully saturated rings. The van der Waals surface area contributed by atoms with E-state index >= 15 is 0 Å². The lowest BCUT2D eigenvalue weighted by Gasteiger charge is -2.18. The minimum atomic E-state index is -0.764. The summed E-state index contributed by atoms with van der Waals surface area (Å²) in [6.07, 6.45) is 76.9.